The van der Waals surface area contributed by atoms with Crippen molar-refractivity contribution in [3.05, 3.63) is 82.6 Å². The van der Waals surface area contributed by atoms with Gasteiger partial charge in [0.15, 0.2) is 0 Å². The van der Waals surface area contributed by atoms with E-state index in [9.17, 15) is 13.2 Å². The van der Waals surface area contributed by atoms with Crippen LogP contribution in [0.5, 0.6) is 0 Å². The molecule has 0 aliphatic carbocycles. The third-order valence-electron chi connectivity index (χ3n) is 3.89. The summed E-state index contributed by atoms with van der Waals surface area (Å²) in [5.74, 6) is -0.340. The third kappa shape index (κ3) is 3.33. The normalized spacial score (nSPS) is 14.0. The molecule has 3 nitrogen and oxygen atoms in total. The Bertz CT molecular complexity index is 1070. The van der Waals surface area contributed by atoms with E-state index in [0.29, 0.717) is 21.3 Å². The lowest BCUT2D eigenvalue weighted by Crippen LogP contribution is -2.04. The van der Waals surface area contributed by atoms with Crippen molar-refractivity contribution in [1.82, 2.24) is 0 Å². The summed E-state index contributed by atoms with van der Waals surface area (Å²) in [5, 5.41) is 0.598. The van der Waals surface area contributed by atoms with Crippen LogP contribution in [0.4, 0.5) is 10.1 Å². The molecule has 26 heavy (non-hydrogen) atoms. The molecule has 0 fully saturated rings. The molecule has 1 aliphatic heterocycles. The quantitative estimate of drug-likeness (QED) is 0.424. The van der Waals surface area contributed by atoms with Gasteiger partial charge < -0.3 is 4.55 Å². The number of hydrogen-bond donors (Lipinski definition) is 0. The molecule has 1 heterocycles. The highest BCUT2D eigenvalue weighted by Gasteiger charge is 2.20. The van der Waals surface area contributed by atoms with Gasteiger partial charge >= 0.3 is 0 Å². The molecule has 0 spiro atoms. The monoisotopic (exact) mass is 402 g/mol. The lowest BCUT2D eigenvalue weighted by Gasteiger charge is -2.09. The van der Waals surface area contributed by atoms with Crippen LogP contribution in [0.25, 0.3) is 0 Å². The van der Waals surface area contributed by atoms with E-state index in [1.807, 2.05) is 12.1 Å². The highest BCUT2D eigenvalue weighted by molar-refractivity contribution is 7.99. The maximum absolute atomic E-state index is 13.8. The maximum Gasteiger partial charge on any atom is 0.124 e. The Morgan fingerprint density at radius 1 is 1.00 bits per heavy atom. The molecule has 7 heteroatoms. The summed E-state index contributed by atoms with van der Waals surface area (Å²) in [4.78, 5) is 6.34. The van der Waals surface area contributed by atoms with E-state index in [4.69, 9.17) is 16.6 Å². The molecular weight excluding hydrogens is 393 g/mol. The molecule has 0 bridgehead atoms. The van der Waals surface area contributed by atoms with Gasteiger partial charge in [-0.25, -0.2) is 9.38 Å². The van der Waals surface area contributed by atoms with Crippen LogP contribution in [0.3, 0.4) is 0 Å². The van der Waals surface area contributed by atoms with Gasteiger partial charge in [0.2, 0.25) is 0 Å². The highest BCUT2D eigenvalue weighted by Crippen LogP contribution is 2.42. The van der Waals surface area contributed by atoms with Gasteiger partial charge in [0.05, 0.1) is 11.4 Å². The molecule has 0 saturated carbocycles. The Kier molecular flexibility index (Phi) is 4.67. The first-order valence-electron chi connectivity index (χ1n) is 7.57. The van der Waals surface area contributed by atoms with Gasteiger partial charge in [-0.15, -0.1) is 0 Å². The fourth-order valence-electron chi connectivity index (χ4n) is 2.68. The number of nitrogens with zero attached hydrogens (tertiary/aromatic N) is 1. The first kappa shape index (κ1) is 17.4. The van der Waals surface area contributed by atoms with Crippen LogP contribution in [-0.4, -0.2) is 14.5 Å². The van der Waals surface area contributed by atoms with Crippen molar-refractivity contribution in [2.75, 3.05) is 0 Å². The van der Waals surface area contributed by atoms with Gasteiger partial charge in [-0.2, -0.15) is 0 Å². The first-order chi connectivity index (χ1) is 12.5. The average molecular weight is 403 g/mol. The largest absolute Gasteiger partial charge is 0.768 e. The van der Waals surface area contributed by atoms with Crippen molar-refractivity contribution in [2.24, 2.45) is 4.99 Å². The SMILES string of the molecule is O=S([O-])c1ccc2c(c1)N=C(c1ccc(Cl)cc1)c1ccc(F)cc1S2. The van der Waals surface area contributed by atoms with Gasteiger partial charge in [-0.1, -0.05) is 35.5 Å². The standard InChI is InChI=1S/C19H11ClFNO2S2/c20-12-3-1-11(2-4-12)19-15-7-5-13(21)9-18(15)25-17-8-6-14(26(23)24)10-16(17)22-19/h1-10H,(H,23,24)/p-1. The van der Waals surface area contributed by atoms with Crippen molar-refractivity contribution < 1.29 is 13.2 Å². The van der Waals surface area contributed by atoms with Crippen molar-refractivity contribution >= 4 is 45.8 Å². The van der Waals surface area contributed by atoms with Crippen molar-refractivity contribution in [3.63, 3.8) is 0 Å². The van der Waals surface area contributed by atoms with Gasteiger partial charge in [-0.05, 0) is 59.6 Å². The summed E-state index contributed by atoms with van der Waals surface area (Å²) in [7, 11) is 0. The van der Waals surface area contributed by atoms with Gasteiger partial charge in [0, 0.05) is 30.8 Å². The Labute approximate surface area is 161 Å². The summed E-state index contributed by atoms with van der Waals surface area (Å²) >= 11 is 4.98. The summed E-state index contributed by atoms with van der Waals surface area (Å²) in [6, 6.07) is 16.4. The fraction of sp³-hybridized carbons (Fsp3) is 0. The van der Waals surface area contributed by atoms with E-state index in [2.05, 4.69) is 0 Å². The molecule has 1 unspecified atom stereocenters. The molecule has 1 aliphatic rings. The Hall–Kier alpha value is -1.99. The van der Waals surface area contributed by atoms with Crippen LogP contribution >= 0.6 is 23.4 Å². The van der Waals surface area contributed by atoms with Crippen molar-refractivity contribution in [1.29, 1.82) is 0 Å². The molecule has 4 rings (SSSR count). The minimum atomic E-state index is -2.35. The van der Waals surface area contributed by atoms with Gasteiger partial charge in [0.1, 0.15) is 5.82 Å². The molecule has 130 valence electrons. The molecule has 3 aromatic rings. The van der Waals surface area contributed by atoms with Crippen molar-refractivity contribution in [2.45, 2.75) is 14.7 Å². The topological polar surface area (TPSA) is 52.5 Å². The van der Waals surface area contributed by atoms with E-state index in [-0.39, 0.29) is 10.7 Å². The van der Waals surface area contributed by atoms with E-state index < -0.39 is 11.1 Å². The zero-order chi connectivity index (χ0) is 18.3. The summed E-state index contributed by atoms with van der Waals surface area (Å²) in [6.45, 7) is 0. The zero-order valence-electron chi connectivity index (χ0n) is 13.1. The fourth-order valence-corrected chi connectivity index (χ4v) is 4.22. The Morgan fingerprint density at radius 2 is 1.77 bits per heavy atom. The Balaban J connectivity index is 1.97. The van der Waals surface area contributed by atoms with E-state index in [0.717, 1.165) is 16.0 Å². The van der Waals surface area contributed by atoms with E-state index >= 15 is 0 Å². The number of fused-ring (bicyclic) bond motifs is 2. The first-order valence-corrected chi connectivity index (χ1v) is 9.84. The number of aliphatic imine (C=N–C) groups is 1. The van der Waals surface area contributed by atoms with E-state index in [1.54, 1.807) is 24.3 Å². The molecule has 0 amide bonds. The van der Waals surface area contributed by atoms with E-state index in [1.165, 1.54) is 36.0 Å². The number of hydrogen-bond acceptors (Lipinski definition) is 4. The zero-order valence-corrected chi connectivity index (χ0v) is 15.5. The second-order valence-electron chi connectivity index (χ2n) is 5.57. The van der Waals surface area contributed by atoms with Crippen LogP contribution in [0.15, 0.2) is 80.3 Å². The van der Waals surface area contributed by atoms with Crippen LogP contribution in [0.2, 0.25) is 5.02 Å². The summed E-state index contributed by atoms with van der Waals surface area (Å²) in [6.07, 6.45) is 0. The van der Waals surface area contributed by atoms with Crippen LogP contribution in [0.1, 0.15) is 11.1 Å². The van der Waals surface area contributed by atoms with Crippen LogP contribution in [0, 0.1) is 5.82 Å². The number of halogens is 2. The summed E-state index contributed by atoms with van der Waals surface area (Å²) in [5.41, 5.74) is 2.75. The lowest BCUT2D eigenvalue weighted by atomic mass is 10.0. The van der Waals surface area contributed by atoms with Crippen LogP contribution < -0.4 is 0 Å². The molecule has 3 aromatic carbocycles. The van der Waals surface area contributed by atoms with Crippen LogP contribution in [-0.2, 0) is 11.1 Å². The average Bonchev–Trinajstić information content (AvgIpc) is 2.77. The highest BCUT2D eigenvalue weighted by atomic mass is 35.5. The third-order valence-corrected chi connectivity index (χ3v) is 5.91. The number of benzene rings is 3. The van der Waals surface area contributed by atoms with Gasteiger partial charge in [-0.3, -0.25) is 4.21 Å². The molecule has 0 radical (unpaired) electrons. The smallest absolute Gasteiger partial charge is 0.124 e. The molecular formula is C19H10ClFNO2S2-. The molecule has 0 N–H and O–H groups in total. The van der Waals surface area contributed by atoms with Crippen molar-refractivity contribution in [3.8, 4) is 0 Å². The second kappa shape index (κ2) is 6.96. The maximum atomic E-state index is 13.8. The minimum absolute atomic E-state index is 0.153. The number of rotatable bonds is 2. The molecule has 0 aromatic heterocycles. The predicted molar refractivity (Wildman–Crippen MR) is 101 cm³/mol. The Morgan fingerprint density at radius 3 is 2.50 bits per heavy atom. The minimum Gasteiger partial charge on any atom is -0.768 e. The molecule has 0 saturated heterocycles. The molecule has 1 atom stereocenters. The lowest BCUT2D eigenvalue weighted by molar-refractivity contribution is 0.537. The predicted octanol–water partition coefficient (Wildman–Crippen LogP) is 5.35. The second-order valence-corrected chi connectivity index (χ2v) is 8.04. The van der Waals surface area contributed by atoms with Gasteiger partial charge in [0.25, 0.3) is 0 Å². The summed E-state index contributed by atoms with van der Waals surface area (Å²) < 4.78 is 36.4.